The van der Waals surface area contributed by atoms with Gasteiger partial charge in [0.1, 0.15) is 11.5 Å². The molecule has 0 aromatic heterocycles. The Morgan fingerprint density at radius 2 is 2.21 bits per heavy atom. The number of hydrogen-bond acceptors (Lipinski definition) is 4. The van der Waals surface area contributed by atoms with Gasteiger partial charge in [-0.25, -0.2) is 0 Å². The standard InChI is InChI=1S/C19H21NO4/c1-11(2)23-18(22)15-14-7-8-19(24-14)10-20(17(21)16(15)19)13-6-4-5-12(3)9-13/h4-9,11,14-16H,10H2,1-3H3/t14-,15+,16-,19+/m0/s1. The number of hydrogen-bond donors (Lipinski definition) is 0. The summed E-state index contributed by atoms with van der Waals surface area (Å²) in [4.78, 5) is 27.3. The third kappa shape index (κ3) is 2.11. The summed E-state index contributed by atoms with van der Waals surface area (Å²) in [5.41, 5.74) is 1.23. The monoisotopic (exact) mass is 327 g/mol. The van der Waals surface area contributed by atoms with Gasteiger partial charge >= 0.3 is 5.97 Å². The molecule has 1 spiro atoms. The molecule has 2 bridgehead atoms. The van der Waals surface area contributed by atoms with E-state index in [4.69, 9.17) is 9.47 Å². The van der Waals surface area contributed by atoms with Crippen LogP contribution < -0.4 is 4.90 Å². The van der Waals surface area contributed by atoms with Crippen molar-refractivity contribution < 1.29 is 19.1 Å². The van der Waals surface area contributed by atoms with Crippen LogP contribution in [0.2, 0.25) is 0 Å². The summed E-state index contributed by atoms with van der Waals surface area (Å²) >= 11 is 0. The maximum atomic E-state index is 13.1. The molecule has 0 unspecified atom stereocenters. The van der Waals surface area contributed by atoms with Crippen molar-refractivity contribution in [3.05, 3.63) is 42.0 Å². The summed E-state index contributed by atoms with van der Waals surface area (Å²) < 4.78 is 11.5. The molecule has 3 heterocycles. The molecule has 2 saturated heterocycles. The van der Waals surface area contributed by atoms with E-state index in [9.17, 15) is 9.59 Å². The maximum absolute atomic E-state index is 13.1. The number of aryl methyl sites for hydroxylation is 1. The van der Waals surface area contributed by atoms with Gasteiger partial charge in [-0.3, -0.25) is 9.59 Å². The average Bonchev–Trinajstić information content (AvgIpc) is 3.15. The first-order valence-corrected chi connectivity index (χ1v) is 8.37. The fraction of sp³-hybridized carbons (Fsp3) is 0.474. The van der Waals surface area contributed by atoms with E-state index < -0.39 is 17.4 Å². The number of fused-ring (bicyclic) bond motifs is 1. The van der Waals surface area contributed by atoms with Gasteiger partial charge < -0.3 is 14.4 Å². The van der Waals surface area contributed by atoms with E-state index in [1.54, 1.807) is 4.90 Å². The van der Waals surface area contributed by atoms with Crippen LogP contribution in [0.15, 0.2) is 36.4 Å². The van der Waals surface area contributed by atoms with Crippen molar-refractivity contribution in [1.29, 1.82) is 0 Å². The molecule has 0 radical (unpaired) electrons. The van der Waals surface area contributed by atoms with E-state index in [1.165, 1.54) is 0 Å². The molecular formula is C19H21NO4. The molecule has 1 aromatic carbocycles. The van der Waals surface area contributed by atoms with Crippen molar-refractivity contribution in [1.82, 2.24) is 0 Å². The number of amides is 1. The van der Waals surface area contributed by atoms with Gasteiger partial charge in [0.05, 0.1) is 24.7 Å². The third-order valence-electron chi connectivity index (χ3n) is 5.04. The largest absolute Gasteiger partial charge is 0.463 e. The number of nitrogens with zero attached hydrogens (tertiary/aromatic N) is 1. The zero-order valence-electron chi connectivity index (χ0n) is 14.1. The second-order valence-electron chi connectivity index (χ2n) is 7.15. The van der Waals surface area contributed by atoms with Gasteiger partial charge in [-0.1, -0.05) is 24.3 Å². The summed E-state index contributed by atoms with van der Waals surface area (Å²) in [6.07, 6.45) is 3.29. The van der Waals surface area contributed by atoms with E-state index >= 15 is 0 Å². The summed E-state index contributed by atoms with van der Waals surface area (Å²) in [5, 5.41) is 0. The van der Waals surface area contributed by atoms with Gasteiger partial charge in [-0.15, -0.1) is 0 Å². The molecule has 2 fully saturated rings. The predicted molar refractivity (Wildman–Crippen MR) is 88.5 cm³/mol. The number of esters is 1. The Bertz CT molecular complexity index is 741. The second-order valence-corrected chi connectivity index (χ2v) is 7.15. The highest BCUT2D eigenvalue weighted by Crippen LogP contribution is 2.52. The fourth-order valence-corrected chi connectivity index (χ4v) is 4.09. The van der Waals surface area contributed by atoms with Gasteiger partial charge in [0.25, 0.3) is 0 Å². The predicted octanol–water partition coefficient (Wildman–Crippen LogP) is 2.23. The van der Waals surface area contributed by atoms with E-state index in [2.05, 4.69) is 0 Å². The molecule has 3 aliphatic rings. The molecular weight excluding hydrogens is 306 g/mol. The highest BCUT2D eigenvalue weighted by molar-refractivity contribution is 6.02. The first-order chi connectivity index (χ1) is 11.4. The normalized spacial score (nSPS) is 33.4. The van der Waals surface area contributed by atoms with E-state index in [-0.39, 0.29) is 24.1 Å². The topological polar surface area (TPSA) is 55.8 Å². The molecule has 0 saturated carbocycles. The molecule has 1 amide bonds. The first kappa shape index (κ1) is 15.4. The lowest BCUT2D eigenvalue weighted by molar-refractivity contribution is -0.156. The SMILES string of the molecule is Cc1cccc(N2C[C@@]34C=C[C@H](O3)[C@@H](C(=O)OC(C)C)[C@H]4C2=O)c1. The summed E-state index contributed by atoms with van der Waals surface area (Å²) in [7, 11) is 0. The van der Waals surface area contributed by atoms with E-state index in [1.807, 2.05) is 57.2 Å². The number of benzene rings is 1. The minimum atomic E-state index is -0.702. The minimum Gasteiger partial charge on any atom is -0.463 e. The van der Waals surface area contributed by atoms with Crippen molar-refractivity contribution in [3.8, 4) is 0 Å². The first-order valence-electron chi connectivity index (χ1n) is 8.37. The van der Waals surface area contributed by atoms with Crippen LogP contribution in [0.5, 0.6) is 0 Å². The van der Waals surface area contributed by atoms with Gasteiger partial charge in [-0.05, 0) is 38.5 Å². The molecule has 3 aliphatic heterocycles. The summed E-state index contributed by atoms with van der Waals surface area (Å²) in [6.45, 7) is 6.06. The van der Waals surface area contributed by atoms with Gasteiger partial charge in [-0.2, -0.15) is 0 Å². The lowest BCUT2D eigenvalue weighted by Crippen LogP contribution is -2.40. The highest BCUT2D eigenvalue weighted by atomic mass is 16.6. The van der Waals surface area contributed by atoms with Crippen LogP contribution in [0.25, 0.3) is 0 Å². The van der Waals surface area contributed by atoms with E-state index in [0.717, 1.165) is 11.3 Å². The Balaban J connectivity index is 1.68. The minimum absolute atomic E-state index is 0.0573. The fourth-order valence-electron chi connectivity index (χ4n) is 4.09. The Kier molecular flexibility index (Phi) is 3.32. The molecule has 5 heteroatoms. The van der Waals surface area contributed by atoms with Crippen LogP contribution in [0.1, 0.15) is 19.4 Å². The van der Waals surface area contributed by atoms with Crippen molar-refractivity contribution in [2.45, 2.75) is 38.6 Å². The third-order valence-corrected chi connectivity index (χ3v) is 5.04. The van der Waals surface area contributed by atoms with Gasteiger partial charge in [0.15, 0.2) is 0 Å². The number of ether oxygens (including phenoxy) is 2. The molecule has 1 aromatic rings. The van der Waals surface area contributed by atoms with E-state index in [0.29, 0.717) is 6.54 Å². The van der Waals surface area contributed by atoms with Crippen molar-refractivity contribution >= 4 is 17.6 Å². The highest BCUT2D eigenvalue weighted by Gasteiger charge is 2.67. The average molecular weight is 327 g/mol. The number of carbonyl (C=O) groups is 2. The second kappa shape index (κ2) is 5.18. The van der Waals surface area contributed by atoms with Crippen LogP contribution in [-0.2, 0) is 19.1 Å². The quantitative estimate of drug-likeness (QED) is 0.631. The van der Waals surface area contributed by atoms with Crippen LogP contribution >= 0.6 is 0 Å². The molecule has 126 valence electrons. The molecule has 4 rings (SSSR count). The smallest absolute Gasteiger partial charge is 0.313 e. The van der Waals surface area contributed by atoms with Crippen molar-refractivity contribution in [2.24, 2.45) is 11.8 Å². The maximum Gasteiger partial charge on any atom is 0.313 e. The zero-order chi connectivity index (χ0) is 17.1. The molecule has 4 atom stereocenters. The molecule has 0 aliphatic carbocycles. The Hall–Kier alpha value is -2.14. The van der Waals surface area contributed by atoms with Crippen molar-refractivity contribution in [3.63, 3.8) is 0 Å². The lowest BCUT2D eigenvalue weighted by atomic mass is 9.77. The number of carbonyl (C=O) groups excluding carboxylic acids is 2. The van der Waals surface area contributed by atoms with Gasteiger partial charge in [0, 0.05) is 5.69 Å². The molecule has 24 heavy (non-hydrogen) atoms. The Morgan fingerprint density at radius 1 is 1.42 bits per heavy atom. The molecule has 5 nitrogen and oxygen atoms in total. The lowest BCUT2D eigenvalue weighted by Gasteiger charge is -2.23. The van der Waals surface area contributed by atoms with Crippen LogP contribution in [-0.4, -0.2) is 36.2 Å². The summed E-state index contributed by atoms with van der Waals surface area (Å²) in [5.74, 6) is -1.46. The Labute approximate surface area is 141 Å². The van der Waals surface area contributed by atoms with Crippen LogP contribution in [0.3, 0.4) is 0 Å². The van der Waals surface area contributed by atoms with Gasteiger partial charge in [0.2, 0.25) is 5.91 Å². The van der Waals surface area contributed by atoms with Crippen LogP contribution in [0, 0.1) is 18.8 Å². The zero-order valence-corrected chi connectivity index (χ0v) is 14.1. The number of anilines is 1. The summed E-state index contributed by atoms with van der Waals surface area (Å²) in [6, 6.07) is 7.82. The van der Waals surface area contributed by atoms with Crippen LogP contribution in [0.4, 0.5) is 5.69 Å². The Morgan fingerprint density at radius 3 is 2.92 bits per heavy atom. The number of rotatable bonds is 3. The van der Waals surface area contributed by atoms with Crippen molar-refractivity contribution in [2.75, 3.05) is 11.4 Å². The molecule has 0 N–H and O–H groups in total.